The molecule has 3 unspecified atom stereocenters. The molecule has 646 valence electrons. The molecular formula is C90H109ClI2N12O16. The van der Waals surface area contributed by atoms with Crippen LogP contribution in [0.5, 0.6) is 0 Å². The average Bonchev–Trinajstić information content (AvgIpc) is 0.825. The first-order valence-electron chi connectivity index (χ1n) is 39.4. The van der Waals surface area contributed by atoms with Gasteiger partial charge in [0.2, 0.25) is 0 Å². The third-order valence-corrected chi connectivity index (χ3v) is 20.9. The van der Waals surface area contributed by atoms with Crippen molar-refractivity contribution in [3.63, 3.8) is 0 Å². The number of nitrogens with zero attached hydrogens (tertiary/aromatic N) is 10. The van der Waals surface area contributed by atoms with Gasteiger partial charge in [0.05, 0.1) is 31.8 Å². The number of hydrogen-bond acceptors (Lipinski definition) is 20. The number of aldehydes is 1. The van der Waals surface area contributed by atoms with Crippen LogP contribution in [0.15, 0.2) is 218 Å². The van der Waals surface area contributed by atoms with Crippen molar-refractivity contribution in [3.8, 4) is 0 Å². The van der Waals surface area contributed by atoms with Gasteiger partial charge in [-0.15, -0.1) is 0 Å². The highest BCUT2D eigenvalue weighted by Gasteiger charge is 2.29. The Labute approximate surface area is 740 Å². The van der Waals surface area contributed by atoms with E-state index in [-0.39, 0.29) is 82.3 Å². The topological polar surface area (TPSA) is 359 Å². The summed E-state index contributed by atoms with van der Waals surface area (Å²) in [5.74, 6) is 0.106. The van der Waals surface area contributed by atoms with Crippen molar-refractivity contribution in [2.75, 3.05) is 111 Å². The summed E-state index contributed by atoms with van der Waals surface area (Å²) < 4.78 is 2.25. The molecule has 2 aliphatic rings. The van der Waals surface area contributed by atoms with Gasteiger partial charge in [-0.05, 0) is 237 Å². The summed E-state index contributed by atoms with van der Waals surface area (Å²) in [5, 5.41) is 67.8. The third-order valence-electron chi connectivity index (χ3n) is 19.2. The Morgan fingerprint density at radius 3 is 0.917 bits per heavy atom. The molecule has 0 radical (unpaired) electrons. The van der Waals surface area contributed by atoms with E-state index in [1.54, 1.807) is 88.4 Å². The quantitative estimate of drug-likeness (QED) is 0.0129. The van der Waals surface area contributed by atoms with Crippen LogP contribution in [0.2, 0.25) is 0 Å². The summed E-state index contributed by atoms with van der Waals surface area (Å²) in [4.78, 5) is 124. The molecule has 2 aliphatic heterocycles. The number of carbonyl (C=O) groups is 6. The van der Waals surface area contributed by atoms with E-state index < -0.39 is 21.2 Å². The van der Waals surface area contributed by atoms with Gasteiger partial charge in [-0.25, -0.2) is 0 Å². The van der Waals surface area contributed by atoms with Gasteiger partial charge in [0.25, 0.3) is 51.6 Å². The molecule has 0 aliphatic carbocycles. The third kappa shape index (κ3) is 32.3. The molecule has 0 bridgehead atoms. The fraction of sp³-hybridized carbons (Fsp3) is 0.333. The average molecular weight is 1900 g/mol. The monoisotopic (exact) mass is 1900 g/mol. The van der Waals surface area contributed by atoms with Crippen molar-refractivity contribution in [2.45, 2.75) is 87.9 Å². The highest BCUT2D eigenvalue weighted by molar-refractivity contribution is 14.1. The van der Waals surface area contributed by atoms with Crippen molar-refractivity contribution in [2.24, 2.45) is 0 Å². The number of non-ortho nitro benzene ring substituents is 4. The van der Waals surface area contributed by atoms with Crippen molar-refractivity contribution in [1.29, 1.82) is 0 Å². The largest absolute Gasteiger partial charge is 0.397 e. The molecule has 0 spiro atoms. The number of halogens is 3. The van der Waals surface area contributed by atoms with E-state index in [9.17, 15) is 74.3 Å². The van der Waals surface area contributed by atoms with Gasteiger partial charge < -0.3 is 40.4 Å². The number of amides is 4. The van der Waals surface area contributed by atoms with E-state index in [0.29, 0.717) is 84.5 Å². The number of nitrogens with one attached hydrogen (secondary N) is 2. The molecule has 3 atom stereocenters. The Morgan fingerprint density at radius 2 is 0.645 bits per heavy atom. The lowest BCUT2D eigenvalue weighted by Crippen LogP contribution is -2.45. The summed E-state index contributed by atoms with van der Waals surface area (Å²) in [6.45, 7) is 30.1. The molecule has 4 N–H and O–H groups in total. The fourth-order valence-electron chi connectivity index (χ4n) is 12.8. The Bertz CT molecular complexity index is 4620. The van der Waals surface area contributed by atoms with Gasteiger partial charge in [0.1, 0.15) is 12.4 Å². The number of aliphatic hydroxyl groups is 2. The molecule has 2 saturated heterocycles. The highest BCUT2D eigenvalue weighted by atomic mass is 127. The van der Waals surface area contributed by atoms with Crippen LogP contribution in [0.4, 0.5) is 22.7 Å². The van der Waals surface area contributed by atoms with Gasteiger partial charge in [0, 0.05) is 200 Å². The second-order valence-electron chi connectivity index (χ2n) is 26.7. The van der Waals surface area contributed by atoms with E-state index in [0.717, 1.165) is 100 Å². The first-order valence-corrected chi connectivity index (χ1v) is 41.9. The van der Waals surface area contributed by atoms with Gasteiger partial charge >= 0.3 is 0 Å². The number of carbonyl (C=O) groups excluding carboxylic acids is 6. The zero-order valence-electron chi connectivity index (χ0n) is 68.8. The van der Waals surface area contributed by atoms with Crippen molar-refractivity contribution in [1.82, 2.24) is 40.0 Å². The molecule has 2 fully saturated rings. The molecule has 0 saturated carbocycles. The first kappa shape index (κ1) is 103. The molecular weight excluding hydrogens is 1790 g/mol. The first-order chi connectivity index (χ1) is 57.6. The van der Waals surface area contributed by atoms with Crippen LogP contribution >= 0.6 is 56.8 Å². The van der Waals surface area contributed by atoms with Crippen molar-refractivity contribution >= 4 is 115 Å². The summed E-state index contributed by atoms with van der Waals surface area (Å²) >= 11 is 9.61. The molecule has 9 aromatic rings. The van der Waals surface area contributed by atoms with Crippen LogP contribution in [0.3, 0.4) is 0 Å². The van der Waals surface area contributed by atoms with E-state index in [2.05, 4.69) is 65.6 Å². The second-order valence-corrected chi connectivity index (χ2v) is 29.5. The summed E-state index contributed by atoms with van der Waals surface area (Å²) in [7, 11) is 0. The molecule has 121 heavy (non-hydrogen) atoms. The molecule has 2 heterocycles. The SMILES string of the molecule is C.CCN(CC)C(=O)c1ccc(C(O)c2cccc([N+](=O)[O-])c2)cc1.CCN(CC)C(=O)c1ccc(C(c2cccc([N+](=O)[O-])c2)N2CCNCC2)cc1.CCN(CC)C(=O)c1ccc(C(c2cccc([N+](=O)[O-])c2)N2CCNCC2)cc1.CCN(CC)C(=O)c1ccc(I)cc1.CCO.O=C(Cl)c1ccc(I)cc1.O=Cc1cccc([N+](=O)[O-])c1. The normalized spacial score (nSPS) is 12.7. The van der Waals surface area contributed by atoms with Crippen LogP contribution in [0.25, 0.3) is 0 Å². The highest BCUT2D eigenvalue weighted by Crippen LogP contribution is 2.34. The zero-order chi connectivity index (χ0) is 88.4. The number of nitro benzene ring substituents is 4. The number of nitro groups is 4. The number of piperazine rings is 2. The molecule has 31 heteroatoms. The number of rotatable bonds is 26. The summed E-state index contributed by atoms with van der Waals surface area (Å²) in [6, 6.07) is 61.7. The Kier molecular flexibility index (Phi) is 46.3. The Hall–Kier alpha value is -10.7. The fourth-order valence-corrected chi connectivity index (χ4v) is 13.7. The summed E-state index contributed by atoms with van der Waals surface area (Å²) in [6.07, 6.45) is -0.407. The molecule has 28 nitrogen and oxygen atoms in total. The zero-order valence-corrected chi connectivity index (χ0v) is 73.9. The predicted molar refractivity (Wildman–Crippen MR) is 491 cm³/mol. The second kappa shape index (κ2) is 54.6. The van der Waals surface area contributed by atoms with Crippen LogP contribution in [0.1, 0.15) is 183 Å². The van der Waals surface area contributed by atoms with Gasteiger partial charge in [-0.2, -0.15) is 0 Å². The minimum atomic E-state index is -0.984. The van der Waals surface area contributed by atoms with E-state index in [1.807, 2.05) is 157 Å². The Morgan fingerprint density at radius 1 is 0.397 bits per heavy atom. The van der Waals surface area contributed by atoms with Crippen molar-refractivity contribution in [3.05, 3.63) is 333 Å². The van der Waals surface area contributed by atoms with Crippen LogP contribution in [-0.4, -0.2) is 206 Å². The maximum absolute atomic E-state index is 12.6. The minimum Gasteiger partial charge on any atom is -0.397 e. The predicted octanol–water partition coefficient (Wildman–Crippen LogP) is 16.8. The number of benzene rings is 9. The minimum absolute atomic E-state index is 0. The molecule has 4 amide bonds. The van der Waals surface area contributed by atoms with E-state index >= 15 is 0 Å². The number of aliphatic hydroxyl groups excluding tert-OH is 2. The van der Waals surface area contributed by atoms with Crippen LogP contribution in [0, 0.1) is 47.6 Å². The van der Waals surface area contributed by atoms with Crippen LogP contribution in [-0.2, 0) is 0 Å². The lowest BCUT2D eigenvalue weighted by atomic mass is 9.95. The van der Waals surface area contributed by atoms with Gasteiger partial charge in [-0.1, -0.05) is 92.4 Å². The summed E-state index contributed by atoms with van der Waals surface area (Å²) in [5.41, 5.74) is 8.43. The van der Waals surface area contributed by atoms with E-state index in [1.165, 1.54) is 54.6 Å². The standard InChI is InChI=1S/2C22H28N4O3.C18H20N2O4.C11H14INO.C7H4ClIO.C7H5NO3.C2H6O.CH4/c2*1-3-24(4-2)22(27)18-10-8-17(9-11-18)21(25-14-12-23-13-15-25)19-6-5-7-20(16-19)26(28)29;1-3-19(4-2)18(22)14-10-8-13(9-11-14)17(21)15-6-5-7-16(12-15)20(23)24;1-3-13(4-2)11(14)9-5-7-10(12)8-6-9;8-7(10)5-1-3-6(9)4-2-5;9-5-6-2-1-3-7(4-6)8(10)11;1-2-3;/h2*5-11,16,21,23H,3-4,12-15H2,1-2H3;5-12,17,21H,3-4H2,1-2H3;5-8H,3-4H2,1-2H3;1-4H;1-5H;3H,2H2,1H3;1H4. The molecule has 0 aromatic heterocycles. The van der Waals surface area contributed by atoms with Gasteiger partial charge in [0.15, 0.2) is 0 Å². The van der Waals surface area contributed by atoms with E-state index in [4.69, 9.17) is 16.7 Å². The van der Waals surface area contributed by atoms with Gasteiger partial charge in [-0.3, -0.25) is 79.0 Å². The molecule has 9 aromatic carbocycles. The van der Waals surface area contributed by atoms with Crippen LogP contribution < -0.4 is 10.6 Å². The maximum Gasteiger partial charge on any atom is 0.270 e. The number of hydrogen-bond donors (Lipinski definition) is 4. The Balaban J connectivity index is 0.000000315. The lowest BCUT2D eigenvalue weighted by Gasteiger charge is -2.35. The van der Waals surface area contributed by atoms with Crippen molar-refractivity contribution < 1.29 is 58.7 Å². The smallest absolute Gasteiger partial charge is 0.270 e. The molecule has 11 rings (SSSR count). The lowest BCUT2D eigenvalue weighted by molar-refractivity contribution is -0.385. The maximum atomic E-state index is 12.6.